The lowest BCUT2D eigenvalue weighted by molar-refractivity contribution is 0.595. The molecule has 0 radical (unpaired) electrons. The van der Waals surface area contributed by atoms with Crippen LogP contribution in [-0.4, -0.2) is 4.98 Å². The molecule has 3 rings (SSSR count). The summed E-state index contributed by atoms with van der Waals surface area (Å²) in [6.45, 7) is 13.3. The van der Waals surface area contributed by atoms with Gasteiger partial charge in [0.15, 0.2) is 0 Å². The first-order valence-electron chi connectivity index (χ1n) is 11.5. The Morgan fingerprint density at radius 2 is 2.06 bits per heavy atom. The Bertz CT molecular complexity index is 984. The van der Waals surface area contributed by atoms with E-state index in [1.165, 1.54) is 22.3 Å². The summed E-state index contributed by atoms with van der Waals surface area (Å²) in [5.41, 5.74) is 7.77. The van der Waals surface area contributed by atoms with E-state index in [0.29, 0.717) is 12.5 Å². The number of hydrogen-bond donors (Lipinski definition) is 1. The highest BCUT2D eigenvalue weighted by Crippen LogP contribution is 2.36. The normalized spacial score (nSPS) is 16.1. The third-order valence-electron chi connectivity index (χ3n) is 6.10. The highest BCUT2D eigenvalue weighted by atomic mass is 19.1. The molecule has 1 aromatic heterocycles. The highest BCUT2D eigenvalue weighted by molar-refractivity contribution is 5.50. The lowest BCUT2D eigenvalue weighted by Crippen LogP contribution is -2.17. The molecule has 0 fully saturated rings. The van der Waals surface area contributed by atoms with Gasteiger partial charge in [-0.15, -0.1) is 0 Å². The van der Waals surface area contributed by atoms with Gasteiger partial charge in [0.2, 0.25) is 0 Å². The summed E-state index contributed by atoms with van der Waals surface area (Å²) in [6, 6.07) is 7.66. The van der Waals surface area contributed by atoms with Crippen molar-refractivity contribution in [3.05, 3.63) is 100 Å². The van der Waals surface area contributed by atoms with Crippen LogP contribution in [0.4, 0.5) is 4.39 Å². The third kappa shape index (κ3) is 5.52. The summed E-state index contributed by atoms with van der Waals surface area (Å²) < 4.78 is 14.4. The predicted octanol–water partition coefficient (Wildman–Crippen LogP) is 7.35. The predicted molar refractivity (Wildman–Crippen MR) is 129 cm³/mol. The van der Waals surface area contributed by atoms with Crippen LogP contribution in [0.1, 0.15) is 81.0 Å². The van der Waals surface area contributed by atoms with Gasteiger partial charge in [0.25, 0.3) is 0 Å². The van der Waals surface area contributed by atoms with Crippen molar-refractivity contribution in [1.29, 1.82) is 0 Å². The molecule has 1 aromatic carbocycles. The van der Waals surface area contributed by atoms with Gasteiger partial charge >= 0.3 is 0 Å². The van der Waals surface area contributed by atoms with Gasteiger partial charge in [0.1, 0.15) is 5.82 Å². The first-order valence-corrected chi connectivity index (χ1v) is 11.5. The van der Waals surface area contributed by atoms with Crippen LogP contribution in [0.5, 0.6) is 0 Å². The monoisotopic (exact) mass is 418 g/mol. The third-order valence-corrected chi connectivity index (χ3v) is 6.10. The van der Waals surface area contributed by atoms with Gasteiger partial charge in [-0.2, -0.15) is 0 Å². The first kappa shape index (κ1) is 23.0. The average Bonchev–Trinajstić information content (AvgIpc) is 2.77. The molecule has 0 saturated carbocycles. The number of pyridine rings is 1. The minimum atomic E-state index is -0.132. The number of aromatic nitrogens is 1. The van der Waals surface area contributed by atoms with Gasteiger partial charge < -0.3 is 5.32 Å². The van der Waals surface area contributed by atoms with Gasteiger partial charge in [-0.1, -0.05) is 65.0 Å². The fourth-order valence-corrected chi connectivity index (χ4v) is 4.32. The van der Waals surface area contributed by atoms with Crippen LogP contribution in [0.2, 0.25) is 0 Å². The molecule has 1 unspecified atom stereocenters. The summed E-state index contributed by atoms with van der Waals surface area (Å²) in [7, 11) is 0. The van der Waals surface area contributed by atoms with E-state index >= 15 is 0 Å². The molecule has 31 heavy (non-hydrogen) atoms. The van der Waals surface area contributed by atoms with Crippen LogP contribution in [-0.2, 0) is 13.0 Å². The summed E-state index contributed by atoms with van der Waals surface area (Å²) in [6.07, 6.45) is 12.7. The molecule has 1 atom stereocenters. The van der Waals surface area contributed by atoms with Crippen LogP contribution in [0.25, 0.3) is 0 Å². The summed E-state index contributed by atoms with van der Waals surface area (Å²) in [5.74, 6) is 0.358. The van der Waals surface area contributed by atoms with E-state index in [9.17, 15) is 4.39 Å². The average molecular weight is 419 g/mol. The van der Waals surface area contributed by atoms with Gasteiger partial charge in [-0.25, -0.2) is 4.39 Å². The Kier molecular flexibility index (Phi) is 7.84. The van der Waals surface area contributed by atoms with E-state index in [2.05, 4.69) is 48.9 Å². The van der Waals surface area contributed by atoms with Crippen molar-refractivity contribution in [2.75, 3.05) is 0 Å². The Morgan fingerprint density at radius 3 is 2.74 bits per heavy atom. The zero-order valence-corrected chi connectivity index (χ0v) is 19.3. The molecule has 0 aliphatic heterocycles. The molecule has 3 heteroatoms. The second kappa shape index (κ2) is 10.6. The molecule has 1 N–H and O–H groups in total. The van der Waals surface area contributed by atoms with Gasteiger partial charge in [-0.3, -0.25) is 4.98 Å². The first-order chi connectivity index (χ1) is 14.9. The zero-order valence-electron chi connectivity index (χ0n) is 19.3. The zero-order chi connectivity index (χ0) is 22.4. The van der Waals surface area contributed by atoms with Crippen molar-refractivity contribution in [1.82, 2.24) is 10.3 Å². The molecular weight excluding hydrogens is 383 g/mol. The number of halogens is 1. The number of benzene rings is 1. The molecule has 0 amide bonds. The van der Waals surface area contributed by atoms with Crippen LogP contribution in [0, 0.1) is 5.82 Å². The minimum absolute atomic E-state index is 0.132. The largest absolute Gasteiger partial charge is 0.381 e. The number of hydrogen-bond acceptors (Lipinski definition) is 2. The van der Waals surface area contributed by atoms with Crippen LogP contribution < -0.4 is 5.32 Å². The molecule has 2 nitrogen and oxygen atoms in total. The molecule has 0 spiro atoms. The van der Waals surface area contributed by atoms with E-state index in [1.807, 2.05) is 38.4 Å². The Morgan fingerprint density at radius 1 is 1.26 bits per heavy atom. The van der Waals surface area contributed by atoms with Gasteiger partial charge in [0, 0.05) is 30.6 Å². The van der Waals surface area contributed by atoms with Crippen molar-refractivity contribution in [3.63, 3.8) is 0 Å². The molecule has 164 valence electrons. The van der Waals surface area contributed by atoms with E-state index in [1.54, 1.807) is 6.07 Å². The van der Waals surface area contributed by atoms with Gasteiger partial charge in [0.05, 0.1) is 0 Å². The Hall–Kier alpha value is -2.68. The van der Waals surface area contributed by atoms with Crippen molar-refractivity contribution in [2.45, 2.75) is 71.8 Å². The van der Waals surface area contributed by atoms with E-state index < -0.39 is 0 Å². The topological polar surface area (TPSA) is 24.9 Å². The minimum Gasteiger partial charge on any atom is -0.381 e. The van der Waals surface area contributed by atoms with Gasteiger partial charge in [-0.05, 0) is 70.7 Å². The summed E-state index contributed by atoms with van der Waals surface area (Å²) >= 11 is 0. The summed E-state index contributed by atoms with van der Waals surface area (Å²) in [4.78, 5) is 4.37. The molecular formula is C28H35FN2. The second-order valence-electron chi connectivity index (χ2n) is 8.67. The smallest absolute Gasteiger partial charge is 0.126 e. The second-order valence-corrected chi connectivity index (χ2v) is 8.67. The number of allylic oxidation sites excluding steroid dienone is 3. The lowest BCUT2D eigenvalue weighted by Gasteiger charge is -2.25. The molecule has 1 aliphatic carbocycles. The van der Waals surface area contributed by atoms with E-state index in [-0.39, 0.29) is 11.7 Å². The summed E-state index contributed by atoms with van der Waals surface area (Å²) in [5, 5.41) is 3.45. The number of nitrogens with zero attached hydrogens (tertiary/aromatic N) is 1. The lowest BCUT2D eigenvalue weighted by atomic mass is 9.82. The fourth-order valence-electron chi connectivity index (χ4n) is 4.32. The molecule has 2 aromatic rings. The number of rotatable bonds is 9. The van der Waals surface area contributed by atoms with E-state index in [4.69, 9.17) is 0 Å². The van der Waals surface area contributed by atoms with Crippen molar-refractivity contribution < 1.29 is 4.39 Å². The maximum atomic E-state index is 14.4. The standard InChI is InChI=1S/C28H35FN2/c1-6-8-23-10-11-24(27-18-30-14-13-22(27)7-2)16-26(23)20(5)31-17-21-9-12-25(19(3)4)28(29)15-21/h9-10,12-16,18-19,24,31H,5-8,11,17H2,1-4H3. The molecule has 0 saturated heterocycles. The van der Waals surface area contributed by atoms with Crippen molar-refractivity contribution in [2.24, 2.45) is 0 Å². The molecule has 1 aliphatic rings. The highest BCUT2D eigenvalue weighted by Gasteiger charge is 2.20. The van der Waals surface area contributed by atoms with Crippen LogP contribution in [0.15, 0.2) is 72.2 Å². The Balaban J connectivity index is 1.79. The molecule has 1 heterocycles. The quantitative estimate of drug-likeness (QED) is 0.460. The van der Waals surface area contributed by atoms with Crippen molar-refractivity contribution >= 4 is 0 Å². The number of nitrogens with one attached hydrogen (secondary N) is 1. The van der Waals surface area contributed by atoms with E-state index in [0.717, 1.165) is 42.5 Å². The SMILES string of the molecule is C=C(NCc1ccc(C(C)C)c(F)c1)C1=CC(c2cnccc2CC)CC=C1CCC. The maximum Gasteiger partial charge on any atom is 0.126 e. The Labute approximate surface area is 187 Å². The number of aryl methyl sites for hydroxylation is 1. The van der Waals surface area contributed by atoms with Crippen molar-refractivity contribution in [3.8, 4) is 0 Å². The fraction of sp³-hybridized carbons (Fsp3) is 0.393. The molecule has 0 bridgehead atoms. The maximum absolute atomic E-state index is 14.4. The van der Waals surface area contributed by atoms with Crippen LogP contribution in [0.3, 0.4) is 0 Å². The van der Waals surface area contributed by atoms with Crippen LogP contribution >= 0.6 is 0 Å².